The van der Waals surface area contributed by atoms with Gasteiger partial charge in [0.25, 0.3) is 0 Å². The van der Waals surface area contributed by atoms with E-state index in [2.05, 4.69) is 0 Å². The smallest absolute Gasteiger partial charge is 0.136 e. The number of para-hydroxylation sites is 1. The molecule has 0 saturated heterocycles. The Morgan fingerprint density at radius 2 is 1.02 bits per heavy atom. The van der Waals surface area contributed by atoms with Crippen LogP contribution in [-0.4, -0.2) is 0 Å². The summed E-state index contributed by atoms with van der Waals surface area (Å²) in [5, 5.41) is 4.15. The fraction of sp³-hybridized carbons (Fsp3) is 0. The van der Waals surface area contributed by atoms with Crippen molar-refractivity contribution >= 4 is 54.3 Å². The Morgan fingerprint density at radius 3 is 1.81 bits per heavy atom. The van der Waals surface area contributed by atoms with Crippen molar-refractivity contribution < 1.29 is 19.5 Å². The van der Waals surface area contributed by atoms with Gasteiger partial charge in [-0.2, -0.15) is 0 Å². The molecule has 1 heterocycles. The highest BCUT2D eigenvalue weighted by atomic mass is 16.3. The number of fused-ring (bicyclic) bond motifs is 6. The highest BCUT2D eigenvalue weighted by molar-refractivity contribution is 6.25. The van der Waals surface area contributed by atoms with Crippen molar-refractivity contribution in [1.82, 2.24) is 0 Å². The first kappa shape index (κ1) is 15.5. The first-order valence-corrected chi connectivity index (χ1v) is 13.9. The van der Waals surface area contributed by atoms with Crippen molar-refractivity contribution in [2.24, 2.45) is 0 Å². The molecule has 9 rings (SSSR count). The molecule has 200 valence electrons. The maximum absolute atomic E-state index is 9.74. The van der Waals surface area contributed by atoms with Crippen molar-refractivity contribution in [3.05, 3.63) is 157 Å². The van der Waals surface area contributed by atoms with E-state index in [0.717, 1.165) is 38.3 Å². The zero-order valence-electron chi connectivity index (χ0n) is 33.6. The van der Waals surface area contributed by atoms with Crippen LogP contribution in [0.3, 0.4) is 0 Å². The monoisotopic (exact) mass is 557 g/mol. The molecule has 0 aliphatic heterocycles. The normalized spacial score (nSPS) is 15.3. The summed E-state index contributed by atoms with van der Waals surface area (Å²) >= 11 is 0. The van der Waals surface area contributed by atoms with Gasteiger partial charge in [0.1, 0.15) is 11.2 Å². The fourth-order valence-corrected chi connectivity index (χ4v) is 6.26. The van der Waals surface area contributed by atoms with Gasteiger partial charge in [0.2, 0.25) is 0 Å². The van der Waals surface area contributed by atoms with Gasteiger partial charge in [-0.05, 0) is 83.9 Å². The molecule has 0 bridgehead atoms. The van der Waals surface area contributed by atoms with E-state index in [1.54, 1.807) is 0 Å². The zero-order valence-corrected chi connectivity index (χ0v) is 22.6. The van der Waals surface area contributed by atoms with Gasteiger partial charge in [-0.3, -0.25) is 0 Å². The molecule has 1 heteroatoms. The van der Waals surface area contributed by atoms with Crippen LogP contribution in [0.1, 0.15) is 15.1 Å². The molecule has 0 spiro atoms. The first-order valence-electron chi connectivity index (χ1n) is 19.4. The van der Waals surface area contributed by atoms with Gasteiger partial charge in [0, 0.05) is 10.8 Å². The number of furan rings is 1. The fourth-order valence-electron chi connectivity index (χ4n) is 6.26. The van der Waals surface area contributed by atoms with Gasteiger partial charge in [-0.25, -0.2) is 0 Å². The lowest BCUT2D eigenvalue weighted by Gasteiger charge is -2.19. The minimum Gasteiger partial charge on any atom is -0.456 e. The molecule has 0 radical (unpaired) electrons. The van der Waals surface area contributed by atoms with Gasteiger partial charge < -0.3 is 4.42 Å². The summed E-state index contributed by atoms with van der Waals surface area (Å²) in [6, 6.07) is 22.6. The van der Waals surface area contributed by atoms with E-state index in [1.165, 1.54) is 0 Å². The van der Waals surface area contributed by atoms with Crippen LogP contribution in [0.15, 0.2) is 162 Å². The lowest BCUT2D eigenvalue weighted by molar-refractivity contribution is 0.669. The Morgan fingerprint density at radius 1 is 0.419 bits per heavy atom. The number of benzene rings is 8. The van der Waals surface area contributed by atoms with Gasteiger partial charge in [-0.1, -0.05) is 139 Å². The van der Waals surface area contributed by atoms with E-state index in [1.807, 2.05) is 91.0 Å². The topological polar surface area (TPSA) is 13.1 Å². The van der Waals surface area contributed by atoms with E-state index < -0.39 is 66.5 Å². The number of rotatable bonds is 3. The Labute approximate surface area is 264 Å². The van der Waals surface area contributed by atoms with Gasteiger partial charge in [-0.15, -0.1) is 0 Å². The van der Waals surface area contributed by atoms with Crippen LogP contribution in [0.25, 0.3) is 87.6 Å². The van der Waals surface area contributed by atoms with Crippen molar-refractivity contribution in [2.75, 3.05) is 0 Å². The number of hydrogen-bond donors (Lipinski definition) is 0. The highest BCUT2D eigenvalue weighted by Crippen LogP contribution is 2.47. The Balaban J connectivity index is 1.46. The third-order valence-electron chi connectivity index (χ3n) is 8.04. The molecule has 8 aromatic carbocycles. The van der Waals surface area contributed by atoms with Crippen LogP contribution in [0.2, 0.25) is 0 Å². The van der Waals surface area contributed by atoms with E-state index in [4.69, 9.17) is 16.8 Å². The molecule has 0 saturated carbocycles. The third kappa shape index (κ3) is 3.65. The van der Waals surface area contributed by atoms with Crippen molar-refractivity contribution in [2.45, 2.75) is 0 Å². The second kappa shape index (κ2) is 9.44. The molecular formula is C42H26O. The summed E-state index contributed by atoms with van der Waals surface area (Å²) in [4.78, 5) is 0. The van der Waals surface area contributed by atoms with Crippen LogP contribution in [0.4, 0.5) is 0 Å². The summed E-state index contributed by atoms with van der Waals surface area (Å²) in [7, 11) is 0. The summed E-state index contributed by atoms with van der Waals surface area (Å²) in [6.07, 6.45) is 0. The van der Waals surface area contributed by atoms with Crippen LogP contribution < -0.4 is 0 Å². The lowest BCUT2D eigenvalue weighted by Crippen LogP contribution is -1.91. The summed E-state index contributed by atoms with van der Waals surface area (Å²) < 4.78 is 104. The highest BCUT2D eigenvalue weighted by Gasteiger charge is 2.20. The Bertz CT molecular complexity index is 3060. The maximum atomic E-state index is 9.74. The number of hydrogen-bond acceptors (Lipinski definition) is 1. The predicted octanol–water partition coefficient (Wildman–Crippen LogP) is 12.0. The van der Waals surface area contributed by atoms with E-state index in [9.17, 15) is 2.74 Å². The zero-order chi connectivity index (χ0) is 37.9. The molecule has 0 N–H and O–H groups in total. The van der Waals surface area contributed by atoms with E-state index in [-0.39, 0.29) is 27.5 Å². The quantitative estimate of drug-likeness (QED) is 0.197. The Kier molecular flexibility index (Phi) is 3.41. The molecular weight excluding hydrogens is 520 g/mol. The average molecular weight is 558 g/mol. The van der Waals surface area contributed by atoms with Crippen LogP contribution in [-0.2, 0) is 0 Å². The Hall–Kier alpha value is -5.66. The molecule has 1 aromatic heterocycles. The van der Waals surface area contributed by atoms with E-state index in [0.29, 0.717) is 21.9 Å². The molecule has 0 aliphatic rings. The lowest BCUT2D eigenvalue weighted by atomic mass is 9.84. The molecule has 0 fully saturated rings. The first-order chi connectivity index (χ1) is 25.9. The second-order valence-corrected chi connectivity index (χ2v) is 10.4. The van der Waals surface area contributed by atoms with Crippen LogP contribution >= 0.6 is 0 Å². The largest absolute Gasteiger partial charge is 0.456 e. The molecule has 1 nitrogen and oxygen atoms in total. The maximum Gasteiger partial charge on any atom is 0.136 e. The van der Waals surface area contributed by atoms with E-state index >= 15 is 0 Å². The van der Waals surface area contributed by atoms with Gasteiger partial charge >= 0.3 is 0 Å². The molecule has 0 unspecified atom stereocenters. The standard InChI is InChI=1S/C42H26O/c1-2-16-30-27(12-1)13-10-22-31(30)28-14-9-15-29(26-28)40-32-17-3-5-19-34(32)41(35-20-6-4-18-33(35)40)37-23-11-25-39-42(37)36-21-7-8-24-38(36)43-39/h1-26H/i1D,2D,9D,10D,12D,13D,14D,15D,16D,22D,26D. The van der Waals surface area contributed by atoms with Crippen molar-refractivity contribution in [1.29, 1.82) is 0 Å². The molecule has 0 aliphatic carbocycles. The SMILES string of the molecule is [2H]c1c([2H])c(-c2c3ccccc3c(-c3cccc4oc5ccccc5c34)c3ccccc23)c([2H])c(-c2c([2H])c([2H])c([2H])c3c([2H])c([2H])c([2H])c([2H])c23)c1[2H]. The minimum absolute atomic E-state index is 0.00761. The molecule has 0 atom stereocenters. The summed E-state index contributed by atoms with van der Waals surface area (Å²) in [6.45, 7) is 0. The minimum atomic E-state index is -0.648. The summed E-state index contributed by atoms with van der Waals surface area (Å²) in [5.41, 5.74) is 3.05. The molecule has 9 aromatic rings. The van der Waals surface area contributed by atoms with Crippen molar-refractivity contribution in [3.8, 4) is 33.4 Å². The predicted molar refractivity (Wildman–Crippen MR) is 183 cm³/mol. The second-order valence-electron chi connectivity index (χ2n) is 10.4. The average Bonchev–Trinajstić information content (AvgIpc) is 3.57. The van der Waals surface area contributed by atoms with Gasteiger partial charge in [0.05, 0.1) is 15.1 Å². The van der Waals surface area contributed by atoms with Crippen LogP contribution in [0.5, 0.6) is 0 Å². The summed E-state index contributed by atoms with van der Waals surface area (Å²) in [5.74, 6) is 0. The molecule has 43 heavy (non-hydrogen) atoms. The van der Waals surface area contributed by atoms with Crippen LogP contribution in [0, 0.1) is 0 Å². The van der Waals surface area contributed by atoms with Gasteiger partial charge in [0.15, 0.2) is 0 Å². The molecule has 0 amide bonds. The third-order valence-corrected chi connectivity index (χ3v) is 8.04. The van der Waals surface area contributed by atoms with Crippen molar-refractivity contribution in [3.63, 3.8) is 0 Å².